The Bertz CT molecular complexity index is 140. The molecule has 1 saturated carbocycles. The lowest BCUT2D eigenvalue weighted by Crippen LogP contribution is -2.20. The summed E-state index contributed by atoms with van der Waals surface area (Å²) in [5.41, 5.74) is 0. The molecule has 2 rings (SSSR count). The summed E-state index contributed by atoms with van der Waals surface area (Å²) in [6.07, 6.45) is 9.29. The topological polar surface area (TPSA) is 12.5 Å². The summed E-state index contributed by atoms with van der Waals surface area (Å²) in [7, 11) is 0. The average molecular weight is 168 g/mol. The van der Waals surface area contributed by atoms with Gasteiger partial charge in [0.25, 0.3) is 0 Å². The molecule has 1 aliphatic heterocycles. The Kier molecular flexibility index (Phi) is 2.69. The highest BCUT2D eigenvalue weighted by atomic mass is 16.6. The van der Waals surface area contributed by atoms with E-state index < -0.39 is 0 Å². The zero-order valence-electron chi connectivity index (χ0n) is 8.09. The van der Waals surface area contributed by atoms with Crippen LogP contribution in [-0.2, 0) is 4.74 Å². The van der Waals surface area contributed by atoms with Gasteiger partial charge in [-0.15, -0.1) is 0 Å². The molecule has 1 heteroatoms. The van der Waals surface area contributed by atoms with Crippen molar-refractivity contribution in [3.8, 4) is 0 Å². The minimum Gasteiger partial charge on any atom is -0.373 e. The highest BCUT2D eigenvalue weighted by Crippen LogP contribution is 2.37. The summed E-state index contributed by atoms with van der Waals surface area (Å²) in [4.78, 5) is 0. The predicted octanol–water partition coefficient (Wildman–Crippen LogP) is 2.99. The normalized spacial score (nSPS) is 41.2. The lowest BCUT2D eigenvalue weighted by Gasteiger charge is -2.30. The van der Waals surface area contributed by atoms with Crippen LogP contribution in [0.15, 0.2) is 0 Å². The van der Waals surface area contributed by atoms with E-state index in [2.05, 4.69) is 6.92 Å². The summed E-state index contributed by atoms with van der Waals surface area (Å²) in [6, 6.07) is 0. The van der Waals surface area contributed by atoms with E-state index in [1.54, 1.807) is 0 Å². The fourth-order valence-electron chi connectivity index (χ4n) is 2.67. The van der Waals surface area contributed by atoms with Crippen LogP contribution in [0.1, 0.15) is 45.4 Å². The summed E-state index contributed by atoms with van der Waals surface area (Å²) < 4.78 is 5.30. The molecular formula is C11H20O. The standard InChI is InChI=1S/C11H20O/c1-2-9-5-3-4-6-10(9)7-11-8-12-11/h9-11H,2-8H2,1H3. The molecule has 3 unspecified atom stereocenters. The van der Waals surface area contributed by atoms with Gasteiger partial charge in [0.15, 0.2) is 0 Å². The summed E-state index contributed by atoms with van der Waals surface area (Å²) in [6.45, 7) is 3.39. The van der Waals surface area contributed by atoms with Crippen molar-refractivity contribution in [3.63, 3.8) is 0 Å². The fraction of sp³-hybridized carbons (Fsp3) is 1.00. The van der Waals surface area contributed by atoms with Crippen molar-refractivity contribution in [3.05, 3.63) is 0 Å². The van der Waals surface area contributed by atoms with E-state index in [1.165, 1.54) is 38.5 Å². The van der Waals surface area contributed by atoms with Gasteiger partial charge in [0.1, 0.15) is 0 Å². The third-order valence-electron chi connectivity index (χ3n) is 3.56. The molecular weight excluding hydrogens is 148 g/mol. The van der Waals surface area contributed by atoms with E-state index in [0.29, 0.717) is 6.10 Å². The summed E-state index contributed by atoms with van der Waals surface area (Å²) in [5.74, 6) is 2.01. The predicted molar refractivity (Wildman–Crippen MR) is 50.1 cm³/mol. The van der Waals surface area contributed by atoms with Crippen molar-refractivity contribution in [2.24, 2.45) is 11.8 Å². The minimum atomic E-state index is 0.655. The molecule has 0 aromatic heterocycles. The largest absolute Gasteiger partial charge is 0.373 e. The van der Waals surface area contributed by atoms with Crippen molar-refractivity contribution < 1.29 is 4.74 Å². The number of epoxide rings is 1. The quantitative estimate of drug-likeness (QED) is 0.590. The van der Waals surface area contributed by atoms with E-state index >= 15 is 0 Å². The fourth-order valence-corrected chi connectivity index (χ4v) is 2.67. The SMILES string of the molecule is CCC1CCCCC1CC1CO1. The molecule has 2 aliphatic rings. The maximum absolute atomic E-state index is 5.30. The molecule has 0 amide bonds. The third kappa shape index (κ3) is 2.01. The third-order valence-corrected chi connectivity index (χ3v) is 3.56. The van der Waals surface area contributed by atoms with Gasteiger partial charge in [-0.1, -0.05) is 39.0 Å². The Morgan fingerprint density at radius 3 is 2.42 bits per heavy atom. The van der Waals surface area contributed by atoms with Crippen LogP contribution >= 0.6 is 0 Å². The summed E-state index contributed by atoms with van der Waals surface area (Å²) in [5, 5.41) is 0. The molecule has 0 spiro atoms. The lowest BCUT2D eigenvalue weighted by atomic mass is 9.76. The Balaban J connectivity index is 1.81. The molecule has 1 aliphatic carbocycles. The smallest absolute Gasteiger partial charge is 0.0812 e. The lowest BCUT2D eigenvalue weighted by molar-refractivity contribution is 0.200. The highest BCUT2D eigenvalue weighted by Gasteiger charge is 2.31. The van der Waals surface area contributed by atoms with E-state index in [4.69, 9.17) is 4.74 Å². The highest BCUT2D eigenvalue weighted by molar-refractivity contribution is 4.80. The number of hydrogen-bond donors (Lipinski definition) is 0. The van der Waals surface area contributed by atoms with Crippen molar-refractivity contribution >= 4 is 0 Å². The second-order valence-corrected chi connectivity index (χ2v) is 4.40. The van der Waals surface area contributed by atoms with Gasteiger partial charge in [0.05, 0.1) is 12.7 Å². The molecule has 70 valence electrons. The molecule has 0 N–H and O–H groups in total. The van der Waals surface area contributed by atoms with Crippen LogP contribution in [-0.4, -0.2) is 12.7 Å². The van der Waals surface area contributed by atoms with Gasteiger partial charge in [-0.3, -0.25) is 0 Å². The van der Waals surface area contributed by atoms with Crippen LogP contribution in [0, 0.1) is 11.8 Å². The molecule has 3 atom stereocenters. The number of ether oxygens (including phenoxy) is 1. The monoisotopic (exact) mass is 168 g/mol. The van der Waals surface area contributed by atoms with Crippen molar-refractivity contribution in [2.75, 3.05) is 6.61 Å². The van der Waals surface area contributed by atoms with E-state index in [1.807, 2.05) is 0 Å². The van der Waals surface area contributed by atoms with Gasteiger partial charge in [-0.25, -0.2) is 0 Å². The maximum atomic E-state index is 5.30. The molecule has 2 fully saturated rings. The first-order chi connectivity index (χ1) is 5.90. The van der Waals surface area contributed by atoms with Crippen LogP contribution in [0.5, 0.6) is 0 Å². The van der Waals surface area contributed by atoms with E-state index in [0.717, 1.165) is 18.4 Å². The zero-order chi connectivity index (χ0) is 8.39. The van der Waals surface area contributed by atoms with Gasteiger partial charge in [0.2, 0.25) is 0 Å². The first kappa shape index (κ1) is 8.55. The first-order valence-corrected chi connectivity index (χ1v) is 5.51. The molecule has 1 nitrogen and oxygen atoms in total. The van der Waals surface area contributed by atoms with Gasteiger partial charge in [-0.2, -0.15) is 0 Å². The maximum Gasteiger partial charge on any atom is 0.0812 e. The first-order valence-electron chi connectivity index (χ1n) is 5.51. The van der Waals surface area contributed by atoms with Crippen LogP contribution < -0.4 is 0 Å². The van der Waals surface area contributed by atoms with Crippen LogP contribution in [0.4, 0.5) is 0 Å². The zero-order valence-corrected chi connectivity index (χ0v) is 8.09. The molecule has 0 bridgehead atoms. The molecule has 12 heavy (non-hydrogen) atoms. The van der Waals surface area contributed by atoms with Gasteiger partial charge in [-0.05, 0) is 18.3 Å². The average Bonchev–Trinajstić information content (AvgIpc) is 2.89. The Morgan fingerprint density at radius 1 is 1.17 bits per heavy atom. The molecule has 1 saturated heterocycles. The van der Waals surface area contributed by atoms with Crippen LogP contribution in [0.25, 0.3) is 0 Å². The van der Waals surface area contributed by atoms with Gasteiger partial charge in [0, 0.05) is 0 Å². The van der Waals surface area contributed by atoms with Crippen LogP contribution in [0.3, 0.4) is 0 Å². The second-order valence-electron chi connectivity index (χ2n) is 4.40. The van der Waals surface area contributed by atoms with Crippen molar-refractivity contribution in [1.82, 2.24) is 0 Å². The minimum absolute atomic E-state index is 0.655. The van der Waals surface area contributed by atoms with Crippen LogP contribution in [0.2, 0.25) is 0 Å². The Morgan fingerprint density at radius 2 is 1.83 bits per heavy atom. The van der Waals surface area contributed by atoms with Gasteiger partial charge >= 0.3 is 0 Å². The second kappa shape index (κ2) is 3.78. The molecule has 0 aromatic carbocycles. The molecule has 0 aromatic rings. The molecule has 1 heterocycles. The van der Waals surface area contributed by atoms with E-state index in [-0.39, 0.29) is 0 Å². The Hall–Kier alpha value is -0.0400. The Labute approximate surface area is 75.5 Å². The van der Waals surface area contributed by atoms with Crippen molar-refractivity contribution in [2.45, 2.75) is 51.6 Å². The number of hydrogen-bond acceptors (Lipinski definition) is 1. The molecule has 0 radical (unpaired) electrons. The van der Waals surface area contributed by atoms with E-state index in [9.17, 15) is 0 Å². The summed E-state index contributed by atoms with van der Waals surface area (Å²) >= 11 is 0. The van der Waals surface area contributed by atoms with Crippen molar-refractivity contribution in [1.29, 1.82) is 0 Å². The van der Waals surface area contributed by atoms with Gasteiger partial charge < -0.3 is 4.74 Å². The number of rotatable bonds is 3.